The zero-order valence-corrected chi connectivity index (χ0v) is 23.1. The molecule has 0 bridgehead atoms. The van der Waals surface area contributed by atoms with Crippen molar-refractivity contribution in [1.29, 1.82) is 0 Å². The molecule has 0 aromatic rings. The third-order valence-electron chi connectivity index (χ3n) is 5.98. The fourth-order valence-electron chi connectivity index (χ4n) is 4.53. The van der Waals surface area contributed by atoms with Gasteiger partial charge >= 0.3 is 0 Å². The summed E-state index contributed by atoms with van der Waals surface area (Å²) < 4.78 is 20.8. The van der Waals surface area contributed by atoms with E-state index in [1.807, 2.05) is 0 Å². The second-order valence-corrected chi connectivity index (χ2v) is 28.3. The quantitative estimate of drug-likeness (QED) is 0.432. The first-order valence-corrected chi connectivity index (χ1v) is 22.4. The van der Waals surface area contributed by atoms with E-state index in [2.05, 4.69) is 79.7 Å². The molecule has 150 valence electrons. The molecule has 25 heavy (non-hydrogen) atoms. The van der Waals surface area contributed by atoms with Crippen molar-refractivity contribution < 1.29 is 13.0 Å². The van der Waals surface area contributed by atoms with Crippen LogP contribution in [0.5, 0.6) is 0 Å². The number of rotatable bonds is 8. The molecular formula is C18H44O3Si4. The zero-order chi connectivity index (χ0) is 19.9. The third kappa shape index (κ3) is 5.17. The fraction of sp³-hybridized carbons (Fsp3) is 1.00. The van der Waals surface area contributed by atoms with Gasteiger partial charge in [-0.3, -0.25) is 0 Å². The van der Waals surface area contributed by atoms with Crippen LogP contribution in [0, 0.1) is 0 Å². The van der Waals surface area contributed by atoms with Gasteiger partial charge in [0.15, 0.2) is 16.6 Å². The highest BCUT2D eigenvalue weighted by Gasteiger charge is 2.63. The summed E-state index contributed by atoms with van der Waals surface area (Å²) >= 11 is 0. The smallest absolute Gasteiger partial charge is 0.220 e. The molecule has 3 nitrogen and oxygen atoms in total. The van der Waals surface area contributed by atoms with Gasteiger partial charge in [-0.05, 0) is 91.2 Å². The molecule has 7 heteroatoms. The molecule has 0 N–H and O–H groups in total. The van der Waals surface area contributed by atoms with Crippen molar-refractivity contribution >= 4 is 33.3 Å². The Morgan fingerprint density at radius 3 is 1.88 bits per heavy atom. The van der Waals surface area contributed by atoms with Crippen LogP contribution in [0.4, 0.5) is 0 Å². The summed E-state index contributed by atoms with van der Waals surface area (Å²) in [6.07, 6.45) is 3.25. The molecule has 1 fully saturated rings. The van der Waals surface area contributed by atoms with Gasteiger partial charge in [-0.15, -0.1) is 0 Å². The molecule has 0 radical (unpaired) electrons. The summed E-state index contributed by atoms with van der Waals surface area (Å²) in [4.78, 5) is 0. The highest BCUT2D eigenvalue weighted by molar-refractivity contribution is 6.87. The van der Waals surface area contributed by atoms with Gasteiger partial charge in [0.25, 0.3) is 0 Å². The average Bonchev–Trinajstić information content (AvgIpc) is 2.75. The summed E-state index contributed by atoms with van der Waals surface area (Å²) in [6, 6.07) is 1.20. The van der Waals surface area contributed by atoms with E-state index >= 15 is 0 Å². The Bertz CT molecular complexity index is 472. The van der Waals surface area contributed by atoms with Crippen molar-refractivity contribution in [2.75, 3.05) is 0 Å². The first-order chi connectivity index (χ1) is 10.9. The Morgan fingerprint density at radius 1 is 1.00 bits per heavy atom. The summed E-state index contributed by atoms with van der Waals surface area (Å²) in [5, 5.41) is -0.147. The first-order valence-electron chi connectivity index (χ1n) is 10.1. The molecule has 1 heterocycles. The van der Waals surface area contributed by atoms with Crippen LogP contribution in [0.3, 0.4) is 0 Å². The Kier molecular flexibility index (Phi) is 6.94. The largest absolute Gasteiger partial charge is 0.454 e. The van der Waals surface area contributed by atoms with E-state index in [1.54, 1.807) is 0 Å². The molecule has 0 aromatic carbocycles. The van der Waals surface area contributed by atoms with Gasteiger partial charge in [0.2, 0.25) is 16.6 Å². The lowest BCUT2D eigenvalue weighted by atomic mass is 10.2. The predicted molar refractivity (Wildman–Crippen MR) is 120 cm³/mol. The maximum absolute atomic E-state index is 7.19. The topological polar surface area (TPSA) is 27.7 Å². The second-order valence-electron chi connectivity index (χ2n) is 10.7. The number of hydrogen-bond acceptors (Lipinski definition) is 3. The van der Waals surface area contributed by atoms with Gasteiger partial charge in [0.05, 0.1) is 10.4 Å². The lowest BCUT2D eigenvalue weighted by Gasteiger charge is -2.50. The van der Waals surface area contributed by atoms with E-state index in [-0.39, 0.29) is 10.4 Å². The zero-order valence-electron chi connectivity index (χ0n) is 19.1. The summed E-state index contributed by atoms with van der Waals surface area (Å²) in [6.45, 7) is 27.9. The van der Waals surface area contributed by atoms with E-state index in [9.17, 15) is 0 Å². The van der Waals surface area contributed by atoms with Crippen molar-refractivity contribution in [3.05, 3.63) is 0 Å². The minimum absolute atomic E-state index is 0.0481. The van der Waals surface area contributed by atoms with Crippen LogP contribution in [-0.2, 0) is 13.0 Å². The van der Waals surface area contributed by atoms with Crippen molar-refractivity contribution in [2.45, 2.75) is 115 Å². The molecule has 0 aliphatic carbocycles. The van der Waals surface area contributed by atoms with E-state index < -0.39 is 33.3 Å². The predicted octanol–water partition coefficient (Wildman–Crippen LogP) is 6.29. The Hall–Kier alpha value is 0.748. The molecule has 1 aliphatic heterocycles. The standard InChI is InChI=1S/C18H44O3Si4/c1-13-17(3,19-22(4,5)6)25(12)16-15-18(14-2,20-25)24(10,11)21-23(7,8)9/h13-16H2,1-12H3. The van der Waals surface area contributed by atoms with Crippen molar-refractivity contribution in [3.8, 4) is 0 Å². The lowest BCUT2D eigenvalue weighted by Crippen LogP contribution is -2.65. The first kappa shape index (κ1) is 23.8. The molecule has 0 spiro atoms. The van der Waals surface area contributed by atoms with Crippen molar-refractivity contribution in [3.63, 3.8) is 0 Å². The van der Waals surface area contributed by atoms with Crippen LogP contribution in [0.15, 0.2) is 0 Å². The van der Waals surface area contributed by atoms with Gasteiger partial charge in [-0.2, -0.15) is 0 Å². The molecular weight excluding hydrogens is 377 g/mol. The molecule has 1 saturated heterocycles. The Morgan fingerprint density at radius 2 is 1.52 bits per heavy atom. The summed E-state index contributed by atoms with van der Waals surface area (Å²) in [5.41, 5.74) is 0. The van der Waals surface area contributed by atoms with Gasteiger partial charge in [0, 0.05) is 0 Å². The normalized spacial score (nSPS) is 31.2. The minimum atomic E-state index is -2.01. The third-order valence-corrected chi connectivity index (χ3v) is 19.6. The van der Waals surface area contributed by atoms with Gasteiger partial charge < -0.3 is 13.0 Å². The van der Waals surface area contributed by atoms with Crippen LogP contribution in [-0.4, -0.2) is 43.7 Å². The Labute approximate surface area is 161 Å². The molecule has 0 saturated carbocycles. The molecule has 1 aliphatic rings. The highest BCUT2D eigenvalue weighted by Crippen LogP contribution is 2.50. The van der Waals surface area contributed by atoms with Gasteiger partial charge in [0.1, 0.15) is 0 Å². The lowest BCUT2D eigenvalue weighted by molar-refractivity contribution is 0.0820. The maximum Gasteiger partial charge on any atom is 0.220 e. The summed E-state index contributed by atoms with van der Waals surface area (Å²) in [7, 11) is -7.19. The van der Waals surface area contributed by atoms with Crippen LogP contribution in [0.2, 0.25) is 65.0 Å². The van der Waals surface area contributed by atoms with Crippen molar-refractivity contribution in [1.82, 2.24) is 0 Å². The maximum atomic E-state index is 7.19. The van der Waals surface area contributed by atoms with Gasteiger partial charge in [-0.1, -0.05) is 13.8 Å². The second kappa shape index (κ2) is 7.29. The van der Waals surface area contributed by atoms with E-state index in [0.29, 0.717) is 0 Å². The fourth-order valence-corrected chi connectivity index (χ4v) is 21.8. The molecule has 0 aromatic heterocycles. The highest BCUT2D eigenvalue weighted by atomic mass is 28.4. The molecule has 3 atom stereocenters. The van der Waals surface area contributed by atoms with Crippen molar-refractivity contribution in [2.24, 2.45) is 0 Å². The van der Waals surface area contributed by atoms with E-state index in [4.69, 9.17) is 13.0 Å². The number of hydrogen-bond donors (Lipinski definition) is 0. The molecule has 0 amide bonds. The van der Waals surface area contributed by atoms with Crippen LogP contribution >= 0.6 is 0 Å². The van der Waals surface area contributed by atoms with Crippen LogP contribution in [0.1, 0.15) is 40.0 Å². The monoisotopic (exact) mass is 420 g/mol. The van der Waals surface area contributed by atoms with Crippen LogP contribution < -0.4 is 0 Å². The van der Waals surface area contributed by atoms with E-state index in [0.717, 1.165) is 19.3 Å². The SMILES string of the molecule is CCC1([Si](C)(C)O[Si](C)(C)C)CC[Si](C)(C(C)(CC)O[Si](C)(C)C)O1. The molecule has 3 unspecified atom stereocenters. The minimum Gasteiger partial charge on any atom is -0.454 e. The molecule has 1 rings (SSSR count). The van der Waals surface area contributed by atoms with Gasteiger partial charge in [-0.25, -0.2) is 0 Å². The van der Waals surface area contributed by atoms with E-state index in [1.165, 1.54) is 6.04 Å². The van der Waals surface area contributed by atoms with Crippen LogP contribution in [0.25, 0.3) is 0 Å². The summed E-state index contributed by atoms with van der Waals surface area (Å²) in [5.74, 6) is 0. The average molecular weight is 421 g/mol. The Balaban J connectivity index is 3.20.